The van der Waals surface area contributed by atoms with Gasteiger partial charge >= 0.3 is 0 Å². The average molecular weight is 258 g/mol. The van der Waals surface area contributed by atoms with E-state index in [-0.39, 0.29) is 0 Å². The summed E-state index contributed by atoms with van der Waals surface area (Å²) in [6.45, 7) is 8.70. The maximum absolute atomic E-state index is 3.48. The van der Waals surface area contributed by atoms with Gasteiger partial charge in [0.1, 0.15) is 0 Å². The van der Waals surface area contributed by atoms with Crippen molar-refractivity contribution in [2.75, 3.05) is 32.7 Å². The summed E-state index contributed by atoms with van der Waals surface area (Å²) < 4.78 is 0. The molecular weight excluding hydrogens is 232 g/mol. The molecule has 2 heterocycles. The molecule has 0 spiro atoms. The summed E-state index contributed by atoms with van der Waals surface area (Å²) >= 11 is 0. The molecule has 1 aromatic carbocycles. The zero-order chi connectivity index (χ0) is 13.1. The van der Waals surface area contributed by atoms with E-state index in [1.165, 1.54) is 57.5 Å². The van der Waals surface area contributed by atoms with Crippen LogP contribution in [-0.4, -0.2) is 37.6 Å². The Morgan fingerprint density at radius 1 is 1.21 bits per heavy atom. The molecule has 1 N–H and O–H groups in total. The lowest BCUT2D eigenvalue weighted by Gasteiger charge is -2.37. The molecule has 2 aliphatic rings. The molecule has 0 radical (unpaired) electrons. The van der Waals surface area contributed by atoms with Crippen molar-refractivity contribution in [1.82, 2.24) is 10.2 Å². The molecule has 2 fully saturated rings. The quantitative estimate of drug-likeness (QED) is 0.897. The Hall–Kier alpha value is -0.860. The minimum atomic E-state index is 0.539. The predicted molar refractivity (Wildman–Crippen MR) is 80.5 cm³/mol. The Labute approximate surface area is 117 Å². The Morgan fingerprint density at radius 2 is 1.95 bits per heavy atom. The fraction of sp³-hybridized carbons (Fsp3) is 0.647. The third kappa shape index (κ3) is 3.18. The number of likely N-dealkylation sites (tertiary alicyclic amines) is 1. The maximum atomic E-state index is 3.48. The van der Waals surface area contributed by atoms with Gasteiger partial charge in [-0.25, -0.2) is 0 Å². The second-order valence-electron chi connectivity index (χ2n) is 6.69. The normalized spacial score (nSPS) is 27.5. The van der Waals surface area contributed by atoms with Gasteiger partial charge in [-0.15, -0.1) is 0 Å². The molecule has 2 heteroatoms. The van der Waals surface area contributed by atoms with E-state index >= 15 is 0 Å². The van der Waals surface area contributed by atoms with Gasteiger partial charge < -0.3 is 10.2 Å². The van der Waals surface area contributed by atoms with Gasteiger partial charge in [-0.1, -0.05) is 37.3 Å². The van der Waals surface area contributed by atoms with Crippen molar-refractivity contribution in [3.8, 4) is 0 Å². The molecule has 2 nitrogen and oxygen atoms in total. The summed E-state index contributed by atoms with van der Waals surface area (Å²) in [6, 6.07) is 11.0. The first-order valence-electron chi connectivity index (χ1n) is 7.73. The van der Waals surface area contributed by atoms with Gasteiger partial charge in [-0.05, 0) is 55.8 Å². The monoisotopic (exact) mass is 258 g/mol. The van der Waals surface area contributed by atoms with E-state index in [9.17, 15) is 0 Å². The van der Waals surface area contributed by atoms with E-state index in [0.29, 0.717) is 5.41 Å². The maximum Gasteiger partial charge on any atom is 0.00510 e. The Morgan fingerprint density at radius 3 is 2.68 bits per heavy atom. The van der Waals surface area contributed by atoms with Gasteiger partial charge in [-0.3, -0.25) is 0 Å². The Kier molecular flexibility index (Phi) is 3.90. The zero-order valence-corrected chi connectivity index (χ0v) is 12.1. The molecule has 1 atom stereocenters. The molecule has 2 saturated heterocycles. The number of hydrogen-bond donors (Lipinski definition) is 1. The van der Waals surface area contributed by atoms with Gasteiger partial charge in [0.15, 0.2) is 0 Å². The molecule has 104 valence electrons. The predicted octanol–water partition coefficient (Wildman–Crippen LogP) is 2.87. The molecule has 1 unspecified atom stereocenters. The van der Waals surface area contributed by atoms with Crippen molar-refractivity contribution in [2.45, 2.75) is 32.1 Å². The van der Waals surface area contributed by atoms with E-state index in [4.69, 9.17) is 0 Å². The first-order valence-corrected chi connectivity index (χ1v) is 7.73. The summed E-state index contributed by atoms with van der Waals surface area (Å²) in [7, 11) is 0. The van der Waals surface area contributed by atoms with Crippen LogP contribution in [0.3, 0.4) is 0 Å². The lowest BCUT2D eigenvalue weighted by atomic mass is 9.80. The van der Waals surface area contributed by atoms with Crippen LogP contribution in [-0.2, 0) is 0 Å². The van der Waals surface area contributed by atoms with Crippen LogP contribution in [0.25, 0.3) is 0 Å². The molecule has 0 aromatic heterocycles. The minimum Gasteiger partial charge on any atom is -0.317 e. The van der Waals surface area contributed by atoms with Crippen molar-refractivity contribution in [3.05, 3.63) is 35.9 Å². The molecule has 0 saturated carbocycles. The van der Waals surface area contributed by atoms with Crippen molar-refractivity contribution in [3.63, 3.8) is 0 Å². The lowest BCUT2D eigenvalue weighted by Crippen LogP contribution is -2.42. The van der Waals surface area contributed by atoms with Crippen molar-refractivity contribution < 1.29 is 0 Å². The van der Waals surface area contributed by atoms with Crippen molar-refractivity contribution in [2.24, 2.45) is 5.41 Å². The number of hydrogen-bond acceptors (Lipinski definition) is 2. The van der Waals surface area contributed by atoms with E-state index < -0.39 is 0 Å². The largest absolute Gasteiger partial charge is 0.317 e. The number of nitrogens with zero attached hydrogens (tertiary/aromatic N) is 1. The lowest BCUT2D eigenvalue weighted by molar-refractivity contribution is 0.146. The first kappa shape index (κ1) is 13.1. The molecule has 0 amide bonds. The van der Waals surface area contributed by atoms with Gasteiger partial charge in [-0.2, -0.15) is 0 Å². The standard InChI is InChI=1S/C17H26N2/c1-17(8-10-18-11-9-17)14-19-12-7-16(13-19)15-5-3-2-4-6-15/h2-6,16,18H,7-14H2,1H3. The first-order chi connectivity index (χ1) is 9.25. The smallest absolute Gasteiger partial charge is 0.00510 e. The SMILES string of the molecule is CC1(CN2CCC(c3ccccc3)C2)CCNCC1. The van der Waals surface area contributed by atoms with Gasteiger partial charge in [0.25, 0.3) is 0 Å². The van der Waals surface area contributed by atoms with Crippen LogP contribution < -0.4 is 5.32 Å². The highest BCUT2D eigenvalue weighted by molar-refractivity contribution is 5.21. The van der Waals surface area contributed by atoms with E-state index in [2.05, 4.69) is 47.5 Å². The Bertz CT molecular complexity index is 395. The van der Waals surface area contributed by atoms with E-state index in [1.807, 2.05) is 0 Å². The zero-order valence-electron chi connectivity index (χ0n) is 12.1. The second-order valence-corrected chi connectivity index (χ2v) is 6.69. The van der Waals surface area contributed by atoms with Gasteiger partial charge in [0, 0.05) is 13.1 Å². The number of piperidine rings is 1. The van der Waals surface area contributed by atoms with Crippen LogP contribution in [0.15, 0.2) is 30.3 Å². The number of nitrogens with one attached hydrogen (secondary N) is 1. The molecule has 1 aromatic rings. The summed E-state index contributed by atoms with van der Waals surface area (Å²) in [5.74, 6) is 0.756. The van der Waals surface area contributed by atoms with Gasteiger partial charge in [0.2, 0.25) is 0 Å². The summed E-state index contributed by atoms with van der Waals surface area (Å²) in [4.78, 5) is 2.70. The highest BCUT2D eigenvalue weighted by atomic mass is 15.2. The number of rotatable bonds is 3. The summed E-state index contributed by atoms with van der Waals surface area (Å²) in [6.07, 6.45) is 4.00. The van der Waals surface area contributed by atoms with Gasteiger partial charge in [0.05, 0.1) is 0 Å². The summed E-state index contributed by atoms with van der Waals surface area (Å²) in [5, 5.41) is 3.48. The van der Waals surface area contributed by atoms with Crippen LogP contribution in [0.2, 0.25) is 0 Å². The minimum absolute atomic E-state index is 0.539. The molecule has 0 aliphatic carbocycles. The van der Waals surface area contributed by atoms with E-state index in [1.54, 1.807) is 0 Å². The molecule has 19 heavy (non-hydrogen) atoms. The van der Waals surface area contributed by atoms with E-state index in [0.717, 1.165) is 5.92 Å². The third-order valence-electron chi connectivity index (χ3n) is 4.96. The van der Waals surface area contributed by atoms with Crippen LogP contribution in [0, 0.1) is 5.41 Å². The van der Waals surface area contributed by atoms with Crippen LogP contribution in [0.1, 0.15) is 37.7 Å². The van der Waals surface area contributed by atoms with Crippen LogP contribution in [0.5, 0.6) is 0 Å². The highest BCUT2D eigenvalue weighted by Crippen LogP contribution is 2.33. The average Bonchev–Trinajstić information content (AvgIpc) is 2.88. The molecule has 3 rings (SSSR count). The molecule has 0 bridgehead atoms. The second kappa shape index (κ2) is 5.64. The van der Waals surface area contributed by atoms with Crippen molar-refractivity contribution >= 4 is 0 Å². The third-order valence-corrected chi connectivity index (χ3v) is 4.96. The molecule has 2 aliphatic heterocycles. The summed E-state index contributed by atoms with van der Waals surface area (Å²) in [5.41, 5.74) is 2.07. The van der Waals surface area contributed by atoms with Crippen LogP contribution >= 0.6 is 0 Å². The van der Waals surface area contributed by atoms with Crippen LogP contribution in [0.4, 0.5) is 0 Å². The highest BCUT2D eigenvalue weighted by Gasteiger charge is 2.32. The number of benzene rings is 1. The van der Waals surface area contributed by atoms with Crippen molar-refractivity contribution in [1.29, 1.82) is 0 Å². The molecular formula is C17H26N2. The fourth-order valence-corrected chi connectivity index (χ4v) is 3.70. The topological polar surface area (TPSA) is 15.3 Å². The Balaban J connectivity index is 1.57. The fourth-order valence-electron chi connectivity index (χ4n) is 3.70.